The molecule has 1 amide bonds. The summed E-state index contributed by atoms with van der Waals surface area (Å²) < 4.78 is 5.25. The second-order valence-electron chi connectivity index (χ2n) is 5.11. The number of rotatable bonds is 1. The molecule has 1 heterocycles. The fraction of sp³-hybridized carbons (Fsp3) is 0.0476. The molecule has 1 aliphatic heterocycles. The van der Waals surface area contributed by atoms with Gasteiger partial charge in [0.2, 0.25) is 0 Å². The standard InChI is InChI=1S/C21H20N4O2/c22-21(26)20-19-11-6-5-10-18(19)9-4-2-1-3-7-12-23-14-15-24-13-8-16-27-17-25-20/h1-16H,17H2,(H2,22,26). The van der Waals surface area contributed by atoms with Crippen molar-refractivity contribution in [1.29, 1.82) is 0 Å². The first kappa shape index (κ1) is 19.5. The summed E-state index contributed by atoms with van der Waals surface area (Å²) >= 11 is 0. The third kappa shape index (κ3) is 7.31. The summed E-state index contributed by atoms with van der Waals surface area (Å²) in [7, 11) is 0. The number of ether oxygens (including phenoxy) is 1. The van der Waals surface area contributed by atoms with Crippen molar-refractivity contribution in [2.75, 3.05) is 6.73 Å². The third-order valence-electron chi connectivity index (χ3n) is 3.22. The van der Waals surface area contributed by atoms with Crippen LogP contribution in [-0.2, 0) is 9.53 Å². The monoisotopic (exact) mass is 360 g/mol. The van der Waals surface area contributed by atoms with Gasteiger partial charge >= 0.3 is 0 Å². The maximum absolute atomic E-state index is 11.8. The Bertz CT molecular complexity index is 872. The Hall–Kier alpha value is -3.80. The fourth-order valence-corrected chi connectivity index (χ4v) is 2.07. The summed E-state index contributed by atoms with van der Waals surface area (Å²) in [6, 6.07) is 7.39. The van der Waals surface area contributed by atoms with Gasteiger partial charge in [0, 0.05) is 30.4 Å². The van der Waals surface area contributed by atoms with Gasteiger partial charge in [-0.05, 0) is 17.7 Å². The molecule has 0 fully saturated rings. The zero-order valence-electron chi connectivity index (χ0n) is 14.7. The first-order valence-corrected chi connectivity index (χ1v) is 8.21. The molecular formula is C21H20N4O2. The molecule has 0 saturated carbocycles. The number of hydrogen-bond donors (Lipinski definition) is 1. The van der Waals surface area contributed by atoms with Gasteiger partial charge in [-0.3, -0.25) is 14.8 Å². The van der Waals surface area contributed by atoms with E-state index in [1.54, 1.807) is 43.0 Å². The number of fused-ring (bicyclic) bond motifs is 1. The Morgan fingerprint density at radius 2 is 1.63 bits per heavy atom. The van der Waals surface area contributed by atoms with Crippen LogP contribution in [0.3, 0.4) is 0 Å². The topological polar surface area (TPSA) is 89.4 Å². The number of aliphatic imine (C=N–C) groups is 3. The van der Waals surface area contributed by atoms with Crippen molar-refractivity contribution in [3.63, 3.8) is 0 Å². The molecule has 2 N–H and O–H groups in total. The van der Waals surface area contributed by atoms with Crippen LogP contribution in [0, 0.1) is 0 Å². The third-order valence-corrected chi connectivity index (χ3v) is 3.22. The van der Waals surface area contributed by atoms with Crippen molar-refractivity contribution in [1.82, 2.24) is 0 Å². The molecule has 0 bridgehead atoms. The molecule has 2 rings (SSSR count). The van der Waals surface area contributed by atoms with Gasteiger partial charge < -0.3 is 10.5 Å². The fourth-order valence-electron chi connectivity index (χ4n) is 2.07. The molecule has 1 aliphatic rings. The number of benzene rings is 1. The Morgan fingerprint density at radius 3 is 2.44 bits per heavy atom. The lowest BCUT2D eigenvalue weighted by Gasteiger charge is -2.07. The van der Waals surface area contributed by atoms with Crippen molar-refractivity contribution in [3.05, 3.63) is 90.5 Å². The molecule has 0 radical (unpaired) electrons. The van der Waals surface area contributed by atoms with Gasteiger partial charge in [0.15, 0.2) is 6.73 Å². The molecular weight excluding hydrogens is 340 g/mol. The van der Waals surface area contributed by atoms with Crippen molar-refractivity contribution in [2.24, 2.45) is 20.7 Å². The molecule has 0 aliphatic carbocycles. The number of nitrogens with zero attached hydrogens (tertiary/aromatic N) is 3. The van der Waals surface area contributed by atoms with Crippen LogP contribution >= 0.6 is 0 Å². The van der Waals surface area contributed by atoms with Crippen LogP contribution in [0.4, 0.5) is 0 Å². The largest absolute Gasteiger partial charge is 0.479 e. The lowest BCUT2D eigenvalue weighted by molar-refractivity contribution is -0.111. The van der Waals surface area contributed by atoms with Crippen LogP contribution in [0.15, 0.2) is 94.4 Å². The Morgan fingerprint density at radius 1 is 0.926 bits per heavy atom. The van der Waals surface area contributed by atoms with E-state index in [0.29, 0.717) is 5.56 Å². The number of nitrogens with two attached hydrogens (primary N) is 1. The first-order valence-electron chi connectivity index (χ1n) is 8.21. The molecule has 0 spiro atoms. The van der Waals surface area contributed by atoms with E-state index in [-0.39, 0.29) is 12.4 Å². The van der Waals surface area contributed by atoms with E-state index in [0.717, 1.165) is 5.56 Å². The van der Waals surface area contributed by atoms with E-state index in [1.165, 1.54) is 6.26 Å². The van der Waals surface area contributed by atoms with Gasteiger partial charge in [-0.1, -0.05) is 54.6 Å². The Labute approximate surface area is 158 Å². The van der Waals surface area contributed by atoms with Crippen LogP contribution in [0.1, 0.15) is 11.1 Å². The maximum Gasteiger partial charge on any atom is 0.267 e. The molecule has 0 atom stereocenters. The lowest BCUT2D eigenvalue weighted by Crippen LogP contribution is -2.25. The summed E-state index contributed by atoms with van der Waals surface area (Å²) in [5.74, 6) is -0.616. The smallest absolute Gasteiger partial charge is 0.267 e. The molecule has 0 saturated heterocycles. The van der Waals surface area contributed by atoms with Crippen molar-refractivity contribution < 1.29 is 9.53 Å². The minimum Gasteiger partial charge on any atom is -0.479 e. The van der Waals surface area contributed by atoms with Gasteiger partial charge in [-0.2, -0.15) is 0 Å². The summed E-state index contributed by atoms with van der Waals surface area (Å²) in [5, 5.41) is 0. The van der Waals surface area contributed by atoms with E-state index < -0.39 is 5.91 Å². The summed E-state index contributed by atoms with van der Waals surface area (Å²) in [4.78, 5) is 24.1. The predicted octanol–water partition coefficient (Wildman–Crippen LogP) is 3.20. The second kappa shape index (κ2) is 11.7. The van der Waals surface area contributed by atoms with Crippen molar-refractivity contribution >= 4 is 30.1 Å². The molecule has 27 heavy (non-hydrogen) atoms. The van der Waals surface area contributed by atoms with Crippen LogP contribution in [0.5, 0.6) is 0 Å². The average Bonchev–Trinajstić information content (AvgIpc) is 2.67. The van der Waals surface area contributed by atoms with Crippen LogP contribution in [0.2, 0.25) is 0 Å². The lowest BCUT2D eigenvalue weighted by atomic mass is 10.0. The normalized spacial score (nSPS) is 15.0. The number of amides is 1. The van der Waals surface area contributed by atoms with Crippen molar-refractivity contribution in [3.8, 4) is 0 Å². The van der Waals surface area contributed by atoms with Crippen molar-refractivity contribution in [2.45, 2.75) is 0 Å². The minimum absolute atomic E-state index is 0.0362. The van der Waals surface area contributed by atoms with Crippen LogP contribution in [0.25, 0.3) is 6.08 Å². The highest BCUT2D eigenvalue weighted by Crippen LogP contribution is 2.13. The summed E-state index contributed by atoms with van der Waals surface area (Å²) in [6.45, 7) is -0.0362. The molecule has 1 aromatic rings. The number of allylic oxidation sites excluding steroid dienone is 6. The predicted molar refractivity (Wildman–Crippen MR) is 111 cm³/mol. The summed E-state index contributed by atoms with van der Waals surface area (Å²) in [5.41, 5.74) is 7.14. The molecule has 6 nitrogen and oxygen atoms in total. The van der Waals surface area contributed by atoms with Crippen LogP contribution in [-0.4, -0.2) is 30.8 Å². The highest BCUT2D eigenvalue weighted by atomic mass is 16.5. The molecule has 1 aromatic carbocycles. The molecule has 0 aromatic heterocycles. The molecule has 6 heteroatoms. The van der Waals surface area contributed by atoms with Gasteiger partial charge in [-0.25, -0.2) is 4.99 Å². The van der Waals surface area contributed by atoms with E-state index >= 15 is 0 Å². The summed E-state index contributed by atoms with van der Waals surface area (Å²) in [6.07, 6.45) is 20.5. The van der Waals surface area contributed by atoms with E-state index in [2.05, 4.69) is 15.0 Å². The van der Waals surface area contributed by atoms with Crippen LogP contribution < -0.4 is 5.73 Å². The molecule has 136 valence electrons. The SMILES string of the molecule is NC(=O)C1=NCOC=CC=NC=CN=CC=CC=CC=Cc2ccccc21. The zero-order valence-corrected chi connectivity index (χ0v) is 14.7. The van der Waals surface area contributed by atoms with Gasteiger partial charge in [0.05, 0.1) is 6.26 Å². The maximum atomic E-state index is 11.8. The zero-order chi connectivity index (χ0) is 19.2. The number of carbonyl (C=O) groups excluding carboxylic acids is 1. The van der Waals surface area contributed by atoms with Gasteiger partial charge in [0.1, 0.15) is 5.71 Å². The Kier molecular flexibility index (Phi) is 8.46. The molecule has 0 unspecified atom stereocenters. The number of primary amides is 1. The highest BCUT2D eigenvalue weighted by Gasteiger charge is 2.12. The van der Waals surface area contributed by atoms with E-state index in [1.807, 2.05) is 48.6 Å². The minimum atomic E-state index is -0.616. The van der Waals surface area contributed by atoms with E-state index in [4.69, 9.17) is 10.5 Å². The van der Waals surface area contributed by atoms with E-state index in [9.17, 15) is 4.79 Å². The van der Waals surface area contributed by atoms with Gasteiger partial charge in [0.25, 0.3) is 5.91 Å². The average molecular weight is 360 g/mol. The Balaban J connectivity index is 2.33. The van der Waals surface area contributed by atoms with Gasteiger partial charge in [-0.15, -0.1) is 0 Å². The first-order chi connectivity index (χ1) is 13.3. The highest BCUT2D eigenvalue weighted by molar-refractivity contribution is 6.45. The second-order valence-corrected chi connectivity index (χ2v) is 5.11. The quantitative estimate of drug-likeness (QED) is 0.833. The number of hydrogen-bond acceptors (Lipinski definition) is 5. The number of carbonyl (C=O) groups is 1.